The Morgan fingerprint density at radius 1 is 1.33 bits per heavy atom. The SMILES string of the molecule is N[C@@H]1CCC[C@H]1CC(=O)Nc1cnn(-c2ccccc2)c1. The van der Waals surface area contributed by atoms with Gasteiger partial charge in [0, 0.05) is 12.5 Å². The molecule has 1 fully saturated rings. The molecule has 0 radical (unpaired) electrons. The first-order valence-electron chi connectivity index (χ1n) is 7.38. The smallest absolute Gasteiger partial charge is 0.224 e. The Morgan fingerprint density at radius 2 is 2.14 bits per heavy atom. The number of nitrogens with two attached hydrogens (primary N) is 1. The zero-order valence-electron chi connectivity index (χ0n) is 11.9. The second-order valence-corrected chi connectivity index (χ2v) is 5.62. The number of nitrogens with zero attached hydrogens (tertiary/aromatic N) is 2. The van der Waals surface area contributed by atoms with Crippen LogP contribution < -0.4 is 11.1 Å². The Labute approximate surface area is 124 Å². The monoisotopic (exact) mass is 284 g/mol. The van der Waals surface area contributed by atoms with Gasteiger partial charge in [0.25, 0.3) is 0 Å². The van der Waals surface area contributed by atoms with Gasteiger partial charge >= 0.3 is 0 Å². The van der Waals surface area contributed by atoms with E-state index in [9.17, 15) is 4.79 Å². The maximum Gasteiger partial charge on any atom is 0.224 e. The summed E-state index contributed by atoms with van der Waals surface area (Å²) in [6, 6.07) is 9.98. The van der Waals surface area contributed by atoms with Gasteiger partial charge in [0.05, 0.1) is 23.8 Å². The fourth-order valence-corrected chi connectivity index (χ4v) is 2.88. The van der Waals surface area contributed by atoms with Crippen molar-refractivity contribution in [2.24, 2.45) is 11.7 Å². The zero-order chi connectivity index (χ0) is 14.7. The largest absolute Gasteiger partial charge is 0.327 e. The summed E-state index contributed by atoms with van der Waals surface area (Å²) in [6.07, 6.45) is 7.20. The molecule has 2 aromatic rings. The number of benzene rings is 1. The number of carbonyl (C=O) groups excluding carboxylic acids is 1. The maximum atomic E-state index is 12.1. The summed E-state index contributed by atoms with van der Waals surface area (Å²) in [4.78, 5) is 12.1. The lowest BCUT2D eigenvalue weighted by atomic mass is 10.00. The molecule has 0 bridgehead atoms. The van der Waals surface area contributed by atoms with E-state index in [-0.39, 0.29) is 11.9 Å². The minimum absolute atomic E-state index is 0.0185. The lowest BCUT2D eigenvalue weighted by Crippen LogP contribution is -2.28. The quantitative estimate of drug-likeness (QED) is 0.905. The van der Waals surface area contributed by atoms with Crippen molar-refractivity contribution in [3.05, 3.63) is 42.7 Å². The van der Waals surface area contributed by atoms with Crippen molar-refractivity contribution in [1.82, 2.24) is 9.78 Å². The summed E-state index contributed by atoms with van der Waals surface area (Å²) < 4.78 is 1.75. The van der Waals surface area contributed by atoms with Gasteiger partial charge in [-0.15, -0.1) is 0 Å². The Hall–Kier alpha value is -2.14. The highest BCUT2D eigenvalue weighted by molar-refractivity contribution is 5.90. The Kier molecular flexibility index (Phi) is 4.01. The Morgan fingerprint density at radius 3 is 2.86 bits per heavy atom. The summed E-state index contributed by atoms with van der Waals surface area (Å²) in [6.45, 7) is 0. The molecule has 1 saturated carbocycles. The summed E-state index contributed by atoms with van der Waals surface area (Å²) >= 11 is 0. The van der Waals surface area contributed by atoms with E-state index in [1.165, 1.54) is 0 Å². The van der Waals surface area contributed by atoms with Gasteiger partial charge in [-0.2, -0.15) is 5.10 Å². The maximum absolute atomic E-state index is 12.1. The van der Waals surface area contributed by atoms with Crippen LogP contribution >= 0.6 is 0 Å². The van der Waals surface area contributed by atoms with E-state index < -0.39 is 0 Å². The number of carbonyl (C=O) groups is 1. The molecule has 5 nitrogen and oxygen atoms in total. The average Bonchev–Trinajstić information content (AvgIpc) is 3.10. The standard InChI is InChI=1S/C16H20N4O/c17-15-8-4-5-12(15)9-16(21)19-13-10-18-20(11-13)14-6-2-1-3-7-14/h1-3,6-7,10-12,15H,4-5,8-9,17H2,(H,19,21)/t12-,15+/m0/s1. The Bertz CT molecular complexity index is 608. The highest BCUT2D eigenvalue weighted by Gasteiger charge is 2.26. The number of hydrogen-bond donors (Lipinski definition) is 2. The number of aromatic nitrogens is 2. The third kappa shape index (κ3) is 3.31. The van der Waals surface area contributed by atoms with E-state index in [1.54, 1.807) is 10.9 Å². The van der Waals surface area contributed by atoms with E-state index in [0.29, 0.717) is 12.3 Å². The van der Waals surface area contributed by atoms with Crippen LogP contribution in [0.1, 0.15) is 25.7 Å². The van der Waals surface area contributed by atoms with E-state index in [4.69, 9.17) is 5.73 Å². The molecule has 0 saturated heterocycles. The van der Waals surface area contributed by atoms with Crippen LogP contribution in [0.3, 0.4) is 0 Å². The highest BCUT2D eigenvalue weighted by atomic mass is 16.1. The molecule has 1 aliphatic carbocycles. The van der Waals surface area contributed by atoms with Crippen molar-refractivity contribution >= 4 is 11.6 Å². The van der Waals surface area contributed by atoms with Crippen LogP contribution in [0.15, 0.2) is 42.7 Å². The summed E-state index contributed by atoms with van der Waals surface area (Å²) in [7, 11) is 0. The van der Waals surface area contributed by atoms with Gasteiger partial charge in [-0.05, 0) is 30.9 Å². The van der Waals surface area contributed by atoms with Crippen LogP contribution in [0.5, 0.6) is 0 Å². The number of hydrogen-bond acceptors (Lipinski definition) is 3. The number of nitrogens with one attached hydrogen (secondary N) is 1. The van der Waals surface area contributed by atoms with Gasteiger partial charge in [0.2, 0.25) is 5.91 Å². The molecule has 0 spiro atoms. The average molecular weight is 284 g/mol. The lowest BCUT2D eigenvalue weighted by molar-refractivity contribution is -0.117. The van der Waals surface area contributed by atoms with E-state index in [0.717, 1.165) is 30.6 Å². The predicted octanol–water partition coefficient (Wildman–Crippen LogP) is 2.33. The molecular weight excluding hydrogens is 264 g/mol. The van der Waals surface area contributed by atoms with Crippen molar-refractivity contribution < 1.29 is 4.79 Å². The fourth-order valence-electron chi connectivity index (χ4n) is 2.88. The fraction of sp³-hybridized carbons (Fsp3) is 0.375. The number of amides is 1. The summed E-state index contributed by atoms with van der Waals surface area (Å²) in [5.41, 5.74) is 7.69. The number of anilines is 1. The third-order valence-corrected chi connectivity index (χ3v) is 4.05. The van der Waals surface area contributed by atoms with Crippen molar-refractivity contribution in [3.63, 3.8) is 0 Å². The van der Waals surface area contributed by atoms with Crippen LogP contribution in [0.25, 0.3) is 5.69 Å². The molecule has 2 atom stereocenters. The van der Waals surface area contributed by atoms with Crippen molar-refractivity contribution in [3.8, 4) is 5.69 Å². The van der Waals surface area contributed by atoms with Gasteiger partial charge in [0.1, 0.15) is 0 Å². The molecule has 5 heteroatoms. The molecular formula is C16H20N4O. The highest BCUT2D eigenvalue weighted by Crippen LogP contribution is 2.27. The molecule has 1 heterocycles. The molecule has 21 heavy (non-hydrogen) atoms. The summed E-state index contributed by atoms with van der Waals surface area (Å²) in [5, 5.41) is 7.17. The lowest BCUT2D eigenvalue weighted by Gasteiger charge is -2.14. The molecule has 0 unspecified atom stereocenters. The molecule has 0 aliphatic heterocycles. The van der Waals surface area contributed by atoms with Crippen LogP contribution in [0, 0.1) is 5.92 Å². The topological polar surface area (TPSA) is 72.9 Å². The zero-order valence-corrected chi connectivity index (χ0v) is 11.9. The van der Waals surface area contributed by atoms with Crippen LogP contribution in [0.4, 0.5) is 5.69 Å². The molecule has 1 aromatic carbocycles. The second kappa shape index (κ2) is 6.10. The number of para-hydroxylation sites is 1. The predicted molar refractivity (Wildman–Crippen MR) is 82.1 cm³/mol. The van der Waals surface area contributed by atoms with E-state index in [2.05, 4.69) is 10.4 Å². The summed E-state index contributed by atoms with van der Waals surface area (Å²) in [5.74, 6) is 0.333. The Balaban J connectivity index is 1.61. The minimum Gasteiger partial charge on any atom is -0.327 e. The van der Waals surface area contributed by atoms with Gasteiger partial charge in [0.15, 0.2) is 0 Å². The molecule has 110 valence electrons. The molecule has 3 N–H and O–H groups in total. The van der Waals surface area contributed by atoms with Gasteiger partial charge in [-0.3, -0.25) is 4.79 Å². The van der Waals surface area contributed by atoms with E-state index in [1.807, 2.05) is 36.5 Å². The number of rotatable bonds is 4. The first-order chi connectivity index (χ1) is 10.2. The first-order valence-corrected chi connectivity index (χ1v) is 7.38. The minimum atomic E-state index is 0.0185. The van der Waals surface area contributed by atoms with Crippen molar-refractivity contribution in [1.29, 1.82) is 0 Å². The first kappa shape index (κ1) is 13.8. The van der Waals surface area contributed by atoms with E-state index >= 15 is 0 Å². The van der Waals surface area contributed by atoms with Crippen molar-refractivity contribution in [2.75, 3.05) is 5.32 Å². The van der Waals surface area contributed by atoms with Crippen LogP contribution in [-0.2, 0) is 4.79 Å². The van der Waals surface area contributed by atoms with Crippen molar-refractivity contribution in [2.45, 2.75) is 31.7 Å². The van der Waals surface area contributed by atoms with Gasteiger partial charge in [-0.1, -0.05) is 24.6 Å². The van der Waals surface area contributed by atoms with Gasteiger partial charge in [-0.25, -0.2) is 4.68 Å². The molecule has 1 aromatic heterocycles. The molecule has 1 amide bonds. The molecule has 1 aliphatic rings. The van der Waals surface area contributed by atoms with Crippen LogP contribution in [-0.4, -0.2) is 21.7 Å². The third-order valence-electron chi connectivity index (χ3n) is 4.05. The molecule has 3 rings (SSSR count). The van der Waals surface area contributed by atoms with Gasteiger partial charge < -0.3 is 11.1 Å². The van der Waals surface area contributed by atoms with Crippen LogP contribution in [0.2, 0.25) is 0 Å². The second-order valence-electron chi connectivity index (χ2n) is 5.62. The normalized spacial score (nSPS) is 21.4.